The molecule has 0 saturated carbocycles. The average Bonchev–Trinajstić information content (AvgIpc) is 2.52. The van der Waals surface area contributed by atoms with Gasteiger partial charge in [-0.25, -0.2) is 0 Å². The molecule has 0 aromatic rings. The van der Waals surface area contributed by atoms with Gasteiger partial charge in [-0.2, -0.15) is 0 Å². The third-order valence-corrected chi connectivity index (χ3v) is 16.5. The summed E-state index contributed by atoms with van der Waals surface area (Å²) in [5.74, 6) is 0. The van der Waals surface area contributed by atoms with E-state index in [0.717, 1.165) is 16.6 Å². The van der Waals surface area contributed by atoms with Crippen LogP contribution in [-0.4, -0.2) is 65.9 Å². The fourth-order valence-corrected chi connectivity index (χ4v) is 13.9. The van der Waals surface area contributed by atoms with Gasteiger partial charge in [-0.05, 0) is 48.7 Å². The van der Waals surface area contributed by atoms with Gasteiger partial charge in [0, 0.05) is 33.3 Å². The second kappa shape index (κ2) is 10.0. The Balaban J connectivity index is 2.51. The molecule has 3 nitrogen and oxygen atoms in total. The zero-order valence-corrected chi connectivity index (χ0v) is 20.7. The van der Waals surface area contributed by atoms with Gasteiger partial charge in [0.2, 0.25) is 0 Å². The molecule has 1 heterocycles. The number of unbranched alkanes of at least 4 members (excludes halogenated alkanes) is 1. The maximum absolute atomic E-state index is 5.67. The number of rotatable bonds is 10. The Kier molecular flexibility index (Phi) is 9.36. The summed E-state index contributed by atoms with van der Waals surface area (Å²) in [5.41, 5.74) is 2.50. The smallest absolute Gasteiger partial charge is 0.186 e. The minimum atomic E-state index is -1.43. The van der Waals surface area contributed by atoms with Crippen LogP contribution in [0.5, 0.6) is 0 Å². The lowest BCUT2D eigenvalue weighted by Crippen LogP contribution is -2.65. The average molecular weight is 387 g/mol. The lowest BCUT2D eigenvalue weighted by Gasteiger charge is -2.53. The highest BCUT2D eigenvalue weighted by Crippen LogP contribution is 2.44. The fourth-order valence-electron chi connectivity index (χ4n) is 5.44. The Labute approximate surface area is 160 Å². The highest BCUT2D eigenvalue weighted by atomic mass is 28.4. The molecule has 1 saturated heterocycles. The molecule has 25 heavy (non-hydrogen) atoms. The van der Waals surface area contributed by atoms with Gasteiger partial charge < -0.3 is 13.9 Å². The van der Waals surface area contributed by atoms with Crippen LogP contribution in [0, 0.1) is 0 Å². The van der Waals surface area contributed by atoms with Gasteiger partial charge in [0.25, 0.3) is 0 Å². The van der Waals surface area contributed by atoms with Gasteiger partial charge in [-0.15, -0.1) is 0 Å². The molecule has 0 N–H and O–H groups in total. The van der Waals surface area contributed by atoms with E-state index in [1.807, 2.05) is 7.11 Å². The first kappa shape index (κ1) is 23.4. The molecule has 1 rings (SSSR count). The van der Waals surface area contributed by atoms with Crippen molar-refractivity contribution >= 4 is 16.6 Å². The van der Waals surface area contributed by atoms with Crippen LogP contribution in [0.1, 0.15) is 54.4 Å². The summed E-state index contributed by atoms with van der Waals surface area (Å²) < 4.78 is 8.63. The zero-order chi connectivity index (χ0) is 19.3. The maximum atomic E-state index is 5.67. The van der Waals surface area contributed by atoms with Gasteiger partial charge >= 0.3 is 0 Å². The molecule has 1 fully saturated rings. The van der Waals surface area contributed by atoms with E-state index in [1.54, 1.807) is 0 Å². The largest absolute Gasteiger partial charge is 0.420 e. The van der Waals surface area contributed by atoms with E-state index >= 15 is 0 Å². The first-order chi connectivity index (χ1) is 11.6. The SMILES string of the molecule is CO[Si](C)(C)CCCCN1CCN([Si](C(C)C)(C(C)C)C(C)C)CC1. The monoisotopic (exact) mass is 386 g/mol. The lowest BCUT2D eigenvalue weighted by atomic mass is 10.3. The quantitative estimate of drug-likeness (QED) is 0.369. The molecule has 0 spiro atoms. The van der Waals surface area contributed by atoms with Crippen molar-refractivity contribution in [2.75, 3.05) is 39.8 Å². The predicted octanol–water partition coefficient (Wildman–Crippen LogP) is 5.41. The van der Waals surface area contributed by atoms with Gasteiger partial charge in [0.05, 0.1) is 0 Å². The highest BCUT2D eigenvalue weighted by molar-refractivity contribution is 6.81. The molecular weight excluding hydrogens is 340 g/mol. The van der Waals surface area contributed by atoms with E-state index in [-0.39, 0.29) is 0 Å². The molecule has 5 heteroatoms. The first-order valence-corrected chi connectivity index (χ1v) is 15.9. The van der Waals surface area contributed by atoms with E-state index in [2.05, 4.69) is 64.1 Å². The molecule has 0 unspecified atom stereocenters. The standard InChI is InChI=1S/C20H46N2OSi2/c1-18(2)25(19(3)4,20(5)6)22-15-13-21(14-16-22)12-10-11-17-24(8,9)23-7/h18-20H,10-17H2,1-9H3. The van der Waals surface area contributed by atoms with E-state index in [1.165, 1.54) is 51.6 Å². The van der Waals surface area contributed by atoms with Crippen molar-refractivity contribution in [1.82, 2.24) is 9.47 Å². The van der Waals surface area contributed by atoms with Crippen molar-refractivity contribution in [3.05, 3.63) is 0 Å². The van der Waals surface area contributed by atoms with Crippen molar-refractivity contribution in [3.63, 3.8) is 0 Å². The van der Waals surface area contributed by atoms with Crippen LogP contribution in [0.4, 0.5) is 0 Å². The van der Waals surface area contributed by atoms with Crippen molar-refractivity contribution in [2.24, 2.45) is 0 Å². The van der Waals surface area contributed by atoms with Crippen molar-refractivity contribution in [3.8, 4) is 0 Å². The zero-order valence-electron chi connectivity index (χ0n) is 18.7. The minimum absolute atomic E-state index is 0.834. The number of piperazine rings is 1. The Morgan fingerprint density at radius 1 is 0.800 bits per heavy atom. The van der Waals surface area contributed by atoms with E-state index in [9.17, 15) is 0 Å². The minimum Gasteiger partial charge on any atom is -0.420 e. The van der Waals surface area contributed by atoms with Crippen LogP contribution in [0.3, 0.4) is 0 Å². The second-order valence-electron chi connectivity index (χ2n) is 9.60. The maximum Gasteiger partial charge on any atom is 0.186 e. The van der Waals surface area contributed by atoms with Gasteiger partial charge in [-0.1, -0.05) is 48.0 Å². The Morgan fingerprint density at radius 2 is 1.28 bits per heavy atom. The molecule has 0 aromatic carbocycles. The molecule has 0 atom stereocenters. The van der Waals surface area contributed by atoms with Crippen LogP contribution in [0.2, 0.25) is 35.8 Å². The van der Waals surface area contributed by atoms with Gasteiger partial charge in [-0.3, -0.25) is 0 Å². The summed E-state index contributed by atoms with van der Waals surface area (Å²) in [6.07, 6.45) is 2.66. The Morgan fingerprint density at radius 3 is 1.68 bits per heavy atom. The Bertz CT molecular complexity index is 356. The van der Waals surface area contributed by atoms with Crippen molar-refractivity contribution in [2.45, 2.75) is 90.1 Å². The van der Waals surface area contributed by atoms with Crippen LogP contribution in [-0.2, 0) is 4.43 Å². The predicted molar refractivity (Wildman–Crippen MR) is 118 cm³/mol. The molecule has 1 aliphatic heterocycles. The summed E-state index contributed by atoms with van der Waals surface area (Å²) >= 11 is 0. The molecule has 150 valence electrons. The normalized spacial score (nSPS) is 18.7. The molecule has 0 radical (unpaired) electrons. The van der Waals surface area contributed by atoms with E-state index in [4.69, 9.17) is 4.43 Å². The van der Waals surface area contributed by atoms with E-state index in [0.29, 0.717) is 0 Å². The van der Waals surface area contributed by atoms with Crippen LogP contribution in [0.15, 0.2) is 0 Å². The molecule has 0 aliphatic carbocycles. The molecule has 0 aromatic heterocycles. The summed E-state index contributed by atoms with van der Waals surface area (Å²) in [6, 6.07) is 1.30. The van der Waals surface area contributed by atoms with Crippen LogP contribution < -0.4 is 0 Å². The molecule has 0 amide bonds. The summed E-state index contributed by atoms with van der Waals surface area (Å²) in [6.45, 7) is 26.0. The third-order valence-electron chi connectivity index (χ3n) is 6.75. The number of nitrogens with zero attached hydrogens (tertiary/aromatic N) is 2. The summed E-state index contributed by atoms with van der Waals surface area (Å²) in [7, 11) is -0.899. The van der Waals surface area contributed by atoms with Gasteiger partial charge in [0.15, 0.2) is 8.32 Å². The second-order valence-corrected chi connectivity index (χ2v) is 19.9. The molecule has 0 bridgehead atoms. The highest BCUT2D eigenvalue weighted by Gasteiger charge is 2.48. The Hall–Kier alpha value is 0.314. The fraction of sp³-hybridized carbons (Fsp3) is 1.00. The van der Waals surface area contributed by atoms with Gasteiger partial charge in [0.1, 0.15) is 8.24 Å². The van der Waals surface area contributed by atoms with E-state index < -0.39 is 16.6 Å². The van der Waals surface area contributed by atoms with Crippen LogP contribution >= 0.6 is 0 Å². The lowest BCUT2D eigenvalue weighted by molar-refractivity contribution is 0.175. The van der Waals surface area contributed by atoms with Crippen LogP contribution in [0.25, 0.3) is 0 Å². The van der Waals surface area contributed by atoms with Crippen molar-refractivity contribution in [1.29, 1.82) is 0 Å². The summed E-state index contributed by atoms with van der Waals surface area (Å²) in [5, 5.41) is 0. The molecular formula is C20H46N2OSi2. The number of hydrogen-bond donors (Lipinski definition) is 0. The number of hydrogen-bond acceptors (Lipinski definition) is 3. The molecule has 1 aliphatic rings. The topological polar surface area (TPSA) is 15.7 Å². The summed E-state index contributed by atoms with van der Waals surface area (Å²) in [4.78, 5) is 2.71. The first-order valence-electron chi connectivity index (χ1n) is 10.6. The third kappa shape index (κ3) is 5.90. The van der Waals surface area contributed by atoms with Crippen molar-refractivity contribution < 1.29 is 4.43 Å².